The fourth-order valence-corrected chi connectivity index (χ4v) is 2.59. The van der Waals surface area contributed by atoms with Crippen molar-refractivity contribution < 1.29 is 4.74 Å². The monoisotopic (exact) mass is 317 g/mol. The average molecular weight is 317 g/mol. The first-order chi connectivity index (χ1) is 11.6. The molecule has 0 aliphatic rings. The Morgan fingerprint density at radius 1 is 1.25 bits per heavy atom. The number of hydrogen-bond donors (Lipinski definition) is 1. The van der Waals surface area contributed by atoms with Gasteiger partial charge >= 0.3 is 0 Å². The van der Waals surface area contributed by atoms with Crippen LogP contribution in [0.5, 0.6) is 5.75 Å². The number of nitrogens with zero attached hydrogens (tertiary/aromatic N) is 2. The van der Waals surface area contributed by atoms with Crippen molar-refractivity contribution in [2.75, 3.05) is 6.61 Å². The van der Waals surface area contributed by atoms with Crippen molar-refractivity contribution in [1.82, 2.24) is 9.97 Å². The van der Waals surface area contributed by atoms with E-state index < -0.39 is 0 Å². The minimum atomic E-state index is 0.480. The van der Waals surface area contributed by atoms with Gasteiger partial charge in [-0.2, -0.15) is 5.26 Å². The van der Waals surface area contributed by atoms with Crippen molar-refractivity contribution >= 4 is 22.7 Å². The topological polar surface area (TPSA) is 61.7 Å². The van der Waals surface area contributed by atoms with Crippen LogP contribution in [-0.2, 0) is 0 Å². The summed E-state index contributed by atoms with van der Waals surface area (Å²) in [7, 11) is 0. The number of aromatic nitrogens is 2. The van der Waals surface area contributed by atoms with Crippen molar-refractivity contribution in [3.8, 4) is 11.8 Å². The van der Waals surface area contributed by atoms with Crippen molar-refractivity contribution in [3.05, 3.63) is 58.9 Å². The van der Waals surface area contributed by atoms with E-state index in [2.05, 4.69) is 36.0 Å². The quantitative estimate of drug-likeness (QED) is 0.713. The predicted octanol–water partition coefficient (Wildman–Crippen LogP) is 4.64. The molecule has 4 nitrogen and oxygen atoms in total. The lowest BCUT2D eigenvalue weighted by Gasteiger charge is -2.06. The van der Waals surface area contributed by atoms with Crippen LogP contribution in [0.3, 0.4) is 0 Å². The molecule has 0 unspecified atom stereocenters. The second-order valence-corrected chi connectivity index (χ2v) is 5.68. The van der Waals surface area contributed by atoms with Crippen LogP contribution < -0.4 is 4.74 Å². The maximum absolute atomic E-state index is 9.58. The van der Waals surface area contributed by atoms with Crippen molar-refractivity contribution in [3.63, 3.8) is 0 Å². The fraction of sp³-hybridized carbons (Fsp3) is 0.200. The van der Waals surface area contributed by atoms with E-state index in [9.17, 15) is 5.26 Å². The predicted molar refractivity (Wildman–Crippen MR) is 96.7 cm³/mol. The highest BCUT2D eigenvalue weighted by Gasteiger charge is 2.10. The molecule has 24 heavy (non-hydrogen) atoms. The molecule has 120 valence electrons. The molecule has 1 N–H and O–H groups in total. The first kappa shape index (κ1) is 15.8. The van der Waals surface area contributed by atoms with Crippen LogP contribution in [0.1, 0.15) is 29.4 Å². The minimum absolute atomic E-state index is 0.480. The van der Waals surface area contributed by atoms with Gasteiger partial charge in [0.25, 0.3) is 0 Å². The number of para-hydroxylation sites is 1. The van der Waals surface area contributed by atoms with Gasteiger partial charge in [-0.05, 0) is 56.2 Å². The molecular formula is C20H19N3O. The molecule has 0 aliphatic heterocycles. The molecule has 0 fully saturated rings. The first-order valence-corrected chi connectivity index (χ1v) is 7.93. The number of allylic oxidation sites excluding steroid dienone is 1. The van der Waals surface area contributed by atoms with Gasteiger partial charge in [0.05, 0.1) is 23.2 Å². The number of nitriles is 1. The number of rotatable bonds is 4. The van der Waals surface area contributed by atoms with E-state index in [-0.39, 0.29) is 0 Å². The fourth-order valence-electron chi connectivity index (χ4n) is 2.59. The number of benzene rings is 2. The maximum Gasteiger partial charge on any atom is 0.149 e. The molecule has 0 radical (unpaired) electrons. The lowest BCUT2D eigenvalue weighted by atomic mass is 10.1. The molecule has 0 aliphatic carbocycles. The van der Waals surface area contributed by atoms with Gasteiger partial charge in [0.15, 0.2) is 0 Å². The van der Waals surface area contributed by atoms with E-state index in [1.165, 1.54) is 11.1 Å². The molecule has 1 aromatic heterocycles. The molecule has 3 rings (SSSR count). The molecule has 0 spiro atoms. The lowest BCUT2D eigenvalue weighted by Crippen LogP contribution is -1.94. The Morgan fingerprint density at radius 2 is 2.00 bits per heavy atom. The summed E-state index contributed by atoms with van der Waals surface area (Å²) in [5.41, 5.74) is 5.53. The van der Waals surface area contributed by atoms with E-state index in [4.69, 9.17) is 4.74 Å². The van der Waals surface area contributed by atoms with Crippen LogP contribution in [0, 0.1) is 25.2 Å². The summed E-state index contributed by atoms with van der Waals surface area (Å²) in [5.74, 6) is 1.33. The first-order valence-electron chi connectivity index (χ1n) is 7.93. The number of nitrogens with one attached hydrogen (secondary N) is 1. The second kappa shape index (κ2) is 6.59. The Bertz CT molecular complexity index is 922. The number of imidazole rings is 1. The van der Waals surface area contributed by atoms with E-state index in [0.29, 0.717) is 18.0 Å². The Kier molecular flexibility index (Phi) is 4.35. The van der Waals surface area contributed by atoms with Crippen molar-refractivity contribution in [2.24, 2.45) is 0 Å². The molecule has 4 heteroatoms. The standard InChI is InChI=1S/C20H19N3O/c1-4-24-19-8-6-5-7-15(19)11-16(12-21)20-22-17-9-13(2)14(3)10-18(17)23-20/h5-11H,4H2,1-3H3,(H,22,23)/b16-11-. The third-order valence-electron chi connectivity index (χ3n) is 3.99. The molecular weight excluding hydrogens is 298 g/mol. The molecule has 0 amide bonds. The van der Waals surface area contributed by atoms with E-state index in [1.54, 1.807) is 0 Å². The minimum Gasteiger partial charge on any atom is -0.493 e. The van der Waals surface area contributed by atoms with E-state index in [0.717, 1.165) is 22.3 Å². The number of ether oxygens (including phenoxy) is 1. The molecule has 1 heterocycles. The number of fused-ring (bicyclic) bond motifs is 1. The van der Waals surface area contributed by atoms with Gasteiger partial charge in [0.2, 0.25) is 0 Å². The summed E-state index contributed by atoms with van der Waals surface area (Å²) in [6.07, 6.45) is 1.81. The van der Waals surface area contributed by atoms with Crippen LogP contribution in [0.25, 0.3) is 22.7 Å². The number of aryl methyl sites for hydroxylation is 2. The van der Waals surface area contributed by atoms with Crippen LogP contribution in [-0.4, -0.2) is 16.6 Å². The summed E-state index contributed by atoms with van der Waals surface area (Å²) in [4.78, 5) is 7.81. The molecule has 0 saturated heterocycles. The van der Waals surface area contributed by atoms with E-state index >= 15 is 0 Å². The lowest BCUT2D eigenvalue weighted by molar-refractivity contribution is 0.339. The summed E-state index contributed by atoms with van der Waals surface area (Å²) >= 11 is 0. The summed E-state index contributed by atoms with van der Waals surface area (Å²) in [5, 5.41) is 9.58. The smallest absolute Gasteiger partial charge is 0.149 e. The zero-order valence-electron chi connectivity index (χ0n) is 14.1. The highest BCUT2D eigenvalue weighted by Crippen LogP contribution is 2.25. The summed E-state index contributed by atoms with van der Waals surface area (Å²) in [6.45, 7) is 6.64. The molecule has 2 aromatic carbocycles. The van der Waals surface area contributed by atoms with Gasteiger partial charge in [-0.15, -0.1) is 0 Å². The van der Waals surface area contributed by atoms with Crippen LogP contribution in [0.4, 0.5) is 0 Å². The van der Waals surface area contributed by atoms with Crippen LogP contribution in [0.15, 0.2) is 36.4 Å². The maximum atomic E-state index is 9.58. The van der Waals surface area contributed by atoms with Crippen LogP contribution in [0.2, 0.25) is 0 Å². The zero-order valence-corrected chi connectivity index (χ0v) is 14.1. The molecule has 0 bridgehead atoms. The Balaban J connectivity index is 2.08. The zero-order chi connectivity index (χ0) is 17.1. The molecule has 0 atom stereocenters. The van der Waals surface area contributed by atoms with E-state index in [1.807, 2.05) is 43.3 Å². The third kappa shape index (κ3) is 3.02. The number of hydrogen-bond acceptors (Lipinski definition) is 3. The van der Waals surface area contributed by atoms with Crippen LogP contribution >= 0.6 is 0 Å². The molecule has 3 aromatic rings. The third-order valence-corrected chi connectivity index (χ3v) is 3.99. The molecule has 0 saturated carbocycles. The normalized spacial score (nSPS) is 11.5. The number of aromatic amines is 1. The Morgan fingerprint density at radius 3 is 2.75 bits per heavy atom. The van der Waals surface area contributed by atoms with Crippen molar-refractivity contribution in [2.45, 2.75) is 20.8 Å². The number of H-pyrrole nitrogens is 1. The van der Waals surface area contributed by atoms with Crippen molar-refractivity contribution in [1.29, 1.82) is 5.26 Å². The SMILES string of the molecule is CCOc1ccccc1/C=C(/C#N)c1nc2cc(C)c(C)cc2[nH]1. The van der Waals surface area contributed by atoms with Gasteiger partial charge in [0.1, 0.15) is 17.6 Å². The van der Waals surface area contributed by atoms with Gasteiger partial charge in [-0.25, -0.2) is 4.98 Å². The summed E-state index contributed by atoms with van der Waals surface area (Å²) in [6, 6.07) is 14.0. The average Bonchev–Trinajstić information content (AvgIpc) is 2.97. The van der Waals surface area contributed by atoms with Gasteiger partial charge in [-0.3, -0.25) is 0 Å². The van der Waals surface area contributed by atoms with Gasteiger partial charge in [0, 0.05) is 5.56 Å². The highest BCUT2D eigenvalue weighted by molar-refractivity contribution is 5.91. The Labute approximate surface area is 141 Å². The van der Waals surface area contributed by atoms with Gasteiger partial charge < -0.3 is 9.72 Å². The largest absolute Gasteiger partial charge is 0.493 e. The highest BCUT2D eigenvalue weighted by atomic mass is 16.5. The van der Waals surface area contributed by atoms with Gasteiger partial charge in [-0.1, -0.05) is 18.2 Å². The Hall–Kier alpha value is -3.06. The summed E-state index contributed by atoms with van der Waals surface area (Å²) < 4.78 is 5.62. The second-order valence-electron chi connectivity index (χ2n) is 5.68.